The van der Waals surface area contributed by atoms with Gasteiger partial charge in [0.1, 0.15) is 0 Å². The molecule has 0 aliphatic carbocycles. The molecule has 1 rings (SSSR count). The Morgan fingerprint density at radius 3 is 1.10 bits per heavy atom. The van der Waals surface area contributed by atoms with Crippen LogP contribution in [-0.2, 0) is 0 Å². The molecule has 0 N–H and O–H groups in total. The van der Waals surface area contributed by atoms with Gasteiger partial charge in [0.25, 0.3) is 0 Å². The topological polar surface area (TPSA) is 0 Å². The summed E-state index contributed by atoms with van der Waals surface area (Å²) in [6.45, 7) is 0. The van der Waals surface area contributed by atoms with Gasteiger partial charge in [0.15, 0.2) is 0 Å². The third-order valence-electron chi connectivity index (χ3n) is 1.91. The van der Waals surface area contributed by atoms with Crippen LogP contribution in [0.4, 0.5) is 0 Å². The molecule has 0 saturated carbocycles. The van der Waals surface area contributed by atoms with E-state index in [0.717, 1.165) is 0 Å². The van der Waals surface area contributed by atoms with Gasteiger partial charge in [0.05, 0.1) is 0 Å². The Labute approximate surface area is 69.4 Å². The maximum Gasteiger partial charge on any atom is 0.0377 e. The van der Waals surface area contributed by atoms with E-state index in [1.165, 1.54) is 68.9 Å². The maximum absolute atomic E-state index is 1.53. The fourth-order valence-corrected chi connectivity index (χ4v) is 3.75. The second kappa shape index (κ2) is 6.16. The smallest absolute Gasteiger partial charge is 0.0377 e. The quantitative estimate of drug-likeness (QED) is 0.488. The number of hydrogen-bond donors (Lipinski definition) is 0. The third kappa shape index (κ3) is 4.28. The molecule has 4 radical (unpaired) electrons. The van der Waals surface area contributed by atoms with Gasteiger partial charge in [0.2, 0.25) is 0 Å². The van der Waals surface area contributed by atoms with Gasteiger partial charge < -0.3 is 0 Å². The van der Waals surface area contributed by atoms with Gasteiger partial charge in [-0.3, -0.25) is 0 Å². The molecular weight excluding hydrogens is 152 g/mol. The van der Waals surface area contributed by atoms with Crippen molar-refractivity contribution in [3.05, 3.63) is 0 Å². The van der Waals surface area contributed by atoms with Crippen molar-refractivity contribution in [1.82, 2.24) is 0 Å². The van der Waals surface area contributed by atoms with Crippen LogP contribution in [0.5, 0.6) is 0 Å². The summed E-state index contributed by atoms with van der Waals surface area (Å²) in [5, 5.41) is 0. The molecule has 56 valence electrons. The van der Waals surface area contributed by atoms with Gasteiger partial charge in [-0.05, 0) is 0 Å². The highest BCUT2D eigenvalue weighted by molar-refractivity contribution is 6.36. The van der Waals surface area contributed by atoms with Crippen LogP contribution in [0.1, 0.15) is 25.7 Å². The van der Waals surface area contributed by atoms with Crippen molar-refractivity contribution in [2.24, 2.45) is 0 Å². The van der Waals surface area contributed by atoms with Crippen molar-refractivity contribution in [1.29, 1.82) is 0 Å². The van der Waals surface area contributed by atoms with E-state index < -0.39 is 0 Å². The molecule has 1 aliphatic rings. The van der Waals surface area contributed by atoms with E-state index in [0.29, 0.717) is 0 Å². The molecule has 0 nitrogen and oxygen atoms in total. The lowest BCUT2D eigenvalue weighted by Crippen LogP contribution is -1.96. The minimum absolute atomic E-state index is 1.29. The zero-order chi connectivity index (χ0) is 7.07. The lowest BCUT2D eigenvalue weighted by molar-refractivity contribution is 0.822. The van der Waals surface area contributed by atoms with Gasteiger partial charge in [-0.15, -0.1) is 0 Å². The zero-order valence-electron chi connectivity index (χ0n) is 6.66. The summed E-state index contributed by atoms with van der Waals surface area (Å²) in [6, 6.07) is 6.13. The molecule has 1 aliphatic heterocycles. The average Bonchev–Trinajstić information content (AvgIpc) is 2.01. The molecule has 0 aromatic rings. The maximum atomic E-state index is 1.53. The molecule has 1 fully saturated rings. The van der Waals surface area contributed by atoms with E-state index in [4.69, 9.17) is 0 Å². The molecule has 0 spiro atoms. The standard InChI is InChI=1S/C8H16Si2/c1-2-6-10-8-4-3-7-9-5-1/h1-8H2. The molecule has 0 aromatic carbocycles. The molecule has 10 heavy (non-hydrogen) atoms. The van der Waals surface area contributed by atoms with Crippen LogP contribution in [0.3, 0.4) is 0 Å². The molecule has 0 atom stereocenters. The van der Waals surface area contributed by atoms with E-state index in [2.05, 4.69) is 0 Å². The minimum atomic E-state index is 1.29. The SMILES string of the molecule is C1CC[Si]CCCC[Si]C1. The van der Waals surface area contributed by atoms with E-state index in [1.807, 2.05) is 0 Å². The lowest BCUT2D eigenvalue weighted by Gasteiger charge is -2.04. The van der Waals surface area contributed by atoms with Gasteiger partial charge in [-0.2, -0.15) is 0 Å². The Hall–Kier alpha value is 0.434. The first-order valence-corrected chi connectivity index (χ1v) is 7.24. The number of rotatable bonds is 0. The van der Waals surface area contributed by atoms with E-state index in [9.17, 15) is 0 Å². The monoisotopic (exact) mass is 168 g/mol. The normalized spacial score (nSPS) is 24.0. The molecule has 0 unspecified atom stereocenters. The van der Waals surface area contributed by atoms with Crippen molar-refractivity contribution in [2.45, 2.75) is 49.9 Å². The molecule has 2 heteroatoms. The van der Waals surface area contributed by atoms with Crippen molar-refractivity contribution in [2.75, 3.05) is 0 Å². The molecule has 1 heterocycles. The third-order valence-corrected chi connectivity index (χ3v) is 4.74. The summed E-state index contributed by atoms with van der Waals surface area (Å²) in [5.41, 5.74) is 0. The Kier molecular flexibility index (Phi) is 5.26. The summed E-state index contributed by atoms with van der Waals surface area (Å²) < 4.78 is 0. The highest BCUT2D eigenvalue weighted by Gasteiger charge is 1.97. The second-order valence-electron chi connectivity index (χ2n) is 2.91. The first kappa shape index (κ1) is 8.53. The Balaban J connectivity index is 2.00. The Bertz CT molecular complexity index is 40.4. The van der Waals surface area contributed by atoms with Crippen LogP contribution < -0.4 is 0 Å². The van der Waals surface area contributed by atoms with Crippen molar-refractivity contribution >= 4 is 19.0 Å². The second-order valence-corrected chi connectivity index (χ2v) is 5.91. The van der Waals surface area contributed by atoms with E-state index in [-0.39, 0.29) is 0 Å². The van der Waals surface area contributed by atoms with Crippen LogP contribution >= 0.6 is 0 Å². The zero-order valence-corrected chi connectivity index (χ0v) is 8.66. The summed E-state index contributed by atoms with van der Waals surface area (Å²) in [4.78, 5) is 0. The summed E-state index contributed by atoms with van der Waals surface area (Å²) >= 11 is 0. The molecule has 0 bridgehead atoms. The fraction of sp³-hybridized carbons (Fsp3) is 1.00. The van der Waals surface area contributed by atoms with Gasteiger partial charge in [-0.1, -0.05) is 49.9 Å². The summed E-state index contributed by atoms with van der Waals surface area (Å²) in [6.07, 6.45) is 6.08. The molecule has 0 aromatic heterocycles. The van der Waals surface area contributed by atoms with Gasteiger partial charge in [0, 0.05) is 19.0 Å². The highest BCUT2D eigenvalue weighted by atomic mass is 28.2. The van der Waals surface area contributed by atoms with E-state index >= 15 is 0 Å². The molecule has 1 saturated heterocycles. The molecular formula is C8H16Si2. The number of hydrogen-bond acceptors (Lipinski definition) is 0. The first-order chi connectivity index (χ1) is 5.00. The largest absolute Gasteiger partial charge is 0.0612 e. The predicted molar refractivity (Wildman–Crippen MR) is 49.2 cm³/mol. The average molecular weight is 168 g/mol. The van der Waals surface area contributed by atoms with Crippen LogP contribution in [0, 0.1) is 0 Å². The van der Waals surface area contributed by atoms with Gasteiger partial charge >= 0.3 is 0 Å². The van der Waals surface area contributed by atoms with Crippen molar-refractivity contribution in [3.63, 3.8) is 0 Å². The predicted octanol–water partition coefficient (Wildman–Crippen LogP) is 2.64. The van der Waals surface area contributed by atoms with Crippen LogP contribution in [0.15, 0.2) is 0 Å². The van der Waals surface area contributed by atoms with Crippen LogP contribution in [0.2, 0.25) is 24.2 Å². The van der Waals surface area contributed by atoms with Crippen LogP contribution in [-0.4, -0.2) is 19.0 Å². The Morgan fingerprint density at radius 1 is 0.500 bits per heavy atom. The van der Waals surface area contributed by atoms with Crippen LogP contribution in [0.25, 0.3) is 0 Å². The highest BCUT2D eigenvalue weighted by Crippen LogP contribution is 2.09. The van der Waals surface area contributed by atoms with Gasteiger partial charge in [-0.25, -0.2) is 0 Å². The lowest BCUT2D eigenvalue weighted by atomic mass is 10.4. The molecule has 0 amide bonds. The summed E-state index contributed by atoms with van der Waals surface area (Å²) in [7, 11) is 2.57. The van der Waals surface area contributed by atoms with Crippen molar-refractivity contribution < 1.29 is 0 Å². The summed E-state index contributed by atoms with van der Waals surface area (Å²) in [5.74, 6) is 0. The fourth-order valence-electron chi connectivity index (χ4n) is 1.25. The first-order valence-electron chi connectivity index (χ1n) is 4.41. The van der Waals surface area contributed by atoms with E-state index in [1.54, 1.807) is 0 Å². The minimum Gasteiger partial charge on any atom is -0.0612 e. The van der Waals surface area contributed by atoms with Crippen molar-refractivity contribution in [3.8, 4) is 0 Å². The Morgan fingerprint density at radius 2 is 0.800 bits per heavy atom.